The SMILES string of the molecule is CCC(C)NCC(=O)Nc1ccc(OC)c(C)c1. The first kappa shape index (κ1) is 14.5. The Kier molecular flexibility index (Phi) is 5.65. The number of carbonyl (C=O) groups is 1. The Morgan fingerprint density at radius 3 is 2.72 bits per heavy atom. The number of ether oxygens (including phenoxy) is 1. The molecule has 4 heteroatoms. The summed E-state index contributed by atoms with van der Waals surface area (Å²) in [6.07, 6.45) is 1.01. The molecule has 0 bridgehead atoms. The number of methoxy groups -OCH3 is 1. The van der Waals surface area contributed by atoms with Gasteiger partial charge >= 0.3 is 0 Å². The fourth-order valence-electron chi connectivity index (χ4n) is 1.57. The van der Waals surface area contributed by atoms with Crippen molar-refractivity contribution in [2.24, 2.45) is 0 Å². The molecule has 0 fully saturated rings. The van der Waals surface area contributed by atoms with Crippen molar-refractivity contribution in [2.75, 3.05) is 19.0 Å². The summed E-state index contributed by atoms with van der Waals surface area (Å²) in [5.41, 5.74) is 1.80. The molecule has 100 valence electrons. The first-order chi connectivity index (χ1) is 8.56. The van der Waals surface area contributed by atoms with Gasteiger partial charge in [0.25, 0.3) is 0 Å². The molecular formula is C14H22N2O2. The molecule has 0 aliphatic carbocycles. The van der Waals surface area contributed by atoms with Crippen LogP contribution in [0.5, 0.6) is 5.75 Å². The first-order valence-electron chi connectivity index (χ1n) is 6.24. The van der Waals surface area contributed by atoms with Gasteiger partial charge in [-0.15, -0.1) is 0 Å². The lowest BCUT2D eigenvalue weighted by molar-refractivity contribution is -0.115. The lowest BCUT2D eigenvalue weighted by Gasteiger charge is -2.12. The maximum atomic E-state index is 11.7. The van der Waals surface area contributed by atoms with Crippen molar-refractivity contribution in [3.05, 3.63) is 23.8 Å². The summed E-state index contributed by atoms with van der Waals surface area (Å²) in [6, 6.07) is 5.95. The molecule has 0 radical (unpaired) electrons. The normalized spacial score (nSPS) is 12.0. The number of hydrogen-bond acceptors (Lipinski definition) is 3. The minimum absolute atomic E-state index is 0.0279. The van der Waals surface area contributed by atoms with Gasteiger partial charge in [0.1, 0.15) is 5.75 Å². The van der Waals surface area contributed by atoms with Crippen LogP contribution in [0.25, 0.3) is 0 Å². The first-order valence-corrected chi connectivity index (χ1v) is 6.24. The van der Waals surface area contributed by atoms with Crippen molar-refractivity contribution in [3.8, 4) is 5.75 Å². The van der Waals surface area contributed by atoms with E-state index in [2.05, 4.69) is 24.5 Å². The van der Waals surface area contributed by atoms with Crippen LogP contribution in [-0.4, -0.2) is 25.6 Å². The third-order valence-electron chi connectivity index (χ3n) is 2.90. The van der Waals surface area contributed by atoms with Crippen LogP contribution in [0.3, 0.4) is 0 Å². The van der Waals surface area contributed by atoms with E-state index in [1.165, 1.54) is 0 Å². The molecular weight excluding hydrogens is 228 g/mol. The molecule has 0 saturated carbocycles. The van der Waals surface area contributed by atoms with Crippen LogP contribution >= 0.6 is 0 Å². The predicted molar refractivity (Wildman–Crippen MR) is 74.1 cm³/mol. The lowest BCUT2D eigenvalue weighted by atomic mass is 10.2. The van der Waals surface area contributed by atoms with Crippen molar-refractivity contribution >= 4 is 11.6 Å². The number of benzene rings is 1. The van der Waals surface area contributed by atoms with E-state index in [1.54, 1.807) is 7.11 Å². The van der Waals surface area contributed by atoms with E-state index < -0.39 is 0 Å². The van der Waals surface area contributed by atoms with Gasteiger partial charge in [-0.1, -0.05) is 6.92 Å². The highest BCUT2D eigenvalue weighted by Crippen LogP contribution is 2.21. The van der Waals surface area contributed by atoms with E-state index in [-0.39, 0.29) is 5.91 Å². The van der Waals surface area contributed by atoms with Crippen molar-refractivity contribution in [2.45, 2.75) is 33.2 Å². The van der Waals surface area contributed by atoms with Crippen LogP contribution in [0, 0.1) is 6.92 Å². The predicted octanol–water partition coefficient (Wildman–Crippen LogP) is 2.33. The summed E-state index contributed by atoms with van der Waals surface area (Å²) in [7, 11) is 1.64. The van der Waals surface area contributed by atoms with Gasteiger partial charge in [-0.3, -0.25) is 4.79 Å². The molecule has 2 N–H and O–H groups in total. The van der Waals surface area contributed by atoms with Crippen LogP contribution in [-0.2, 0) is 4.79 Å². The number of anilines is 1. The Morgan fingerprint density at radius 1 is 1.44 bits per heavy atom. The van der Waals surface area contributed by atoms with E-state index in [1.807, 2.05) is 25.1 Å². The highest BCUT2D eigenvalue weighted by Gasteiger charge is 2.06. The smallest absolute Gasteiger partial charge is 0.238 e. The number of aryl methyl sites for hydroxylation is 1. The minimum Gasteiger partial charge on any atom is -0.496 e. The third-order valence-corrected chi connectivity index (χ3v) is 2.90. The molecule has 1 rings (SSSR count). The summed E-state index contributed by atoms with van der Waals surface area (Å²) in [5.74, 6) is 0.797. The average Bonchev–Trinajstić information content (AvgIpc) is 2.36. The second-order valence-electron chi connectivity index (χ2n) is 4.42. The van der Waals surface area contributed by atoms with Crippen LogP contribution in [0.1, 0.15) is 25.8 Å². The van der Waals surface area contributed by atoms with Crippen LogP contribution in [0.2, 0.25) is 0 Å². The molecule has 1 aromatic carbocycles. The van der Waals surface area contributed by atoms with Crippen molar-refractivity contribution in [1.82, 2.24) is 5.32 Å². The van der Waals surface area contributed by atoms with Gasteiger partial charge in [0.05, 0.1) is 13.7 Å². The Balaban J connectivity index is 2.52. The molecule has 1 amide bonds. The zero-order valence-corrected chi connectivity index (χ0v) is 11.5. The Morgan fingerprint density at radius 2 is 2.17 bits per heavy atom. The maximum Gasteiger partial charge on any atom is 0.238 e. The van der Waals surface area contributed by atoms with Gasteiger partial charge in [-0.2, -0.15) is 0 Å². The van der Waals surface area contributed by atoms with Crippen molar-refractivity contribution < 1.29 is 9.53 Å². The second-order valence-corrected chi connectivity index (χ2v) is 4.42. The molecule has 0 aromatic heterocycles. The summed E-state index contributed by atoms with van der Waals surface area (Å²) < 4.78 is 5.17. The number of nitrogens with one attached hydrogen (secondary N) is 2. The van der Waals surface area contributed by atoms with E-state index >= 15 is 0 Å². The standard InChI is InChI=1S/C14H22N2O2/c1-5-11(3)15-9-14(17)16-12-6-7-13(18-4)10(2)8-12/h6-8,11,15H,5,9H2,1-4H3,(H,16,17). The highest BCUT2D eigenvalue weighted by molar-refractivity contribution is 5.92. The number of carbonyl (C=O) groups excluding carboxylic acids is 1. The summed E-state index contributed by atoms with van der Waals surface area (Å²) in [4.78, 5) is 11.7. The minimum atomic E-state index is -0.0279. The summed E-state index contributed by atoms with van der Waals surface area (Å²) >= 11 is 0. The molecule has 0 aliphatic rings. The van der Waals surface area contributed by atoms with E-state index in [9.17, 15) is 4.79 Å². The van der Waals surface area contributed by atoms with E-state index in [0.29, 0.717) is 12.6 Å². The molecule has 0 spiro atoms. The van der Waals surface area contributed by atoms with Gasteiger partial charge in [0, 0.05) is 11.7 Å². The Hall–Kier alpha value is -1.55. The zero-order valence-electron chi connectivity index (χ0n) is 11.5. The molecule has 0 heterocycles. The number of hydrogen-bond donors (Lipinski definition) is 2. The molecule has 1 unspecified atom stereocenters. The van der Waals surface area contributed by atoms with E-state index in [4.69, 9.17) is 4.74 Å². The number of rotatable bonds is 6. The monoisotopic (exact) mass is 250 g/mol. The van der Waals surface area contributed by atoms with Gasteiger partial charge < -0.3 is 15.4 Å². The zero-order chi connectivity index (χ0) is 13.5. The Bertz CT molecular complexity index is 405. The quantitative estimate of drug-likeness (QED) is 0.814. The molecule has 1 atom stereocenters. The molecule has 1 aromatic rings. The fourth-order valence-corrected chi connectivity index (χ4v) is 1.57. The van der Waals surface area contributed by atoms with Crippen molar-refractivity contribution in [3.63, 3.8) is 0 Å². The number of amides is 1. The molecule has 0 aliphatic heterocycles. The van der Waals surface area contributed by atoms with Gasteiger partial charge in [-0.05, 0) is 44.0 Å². The fraction of sp³-hybridized carbons (Fsp3) is 0.500. The van der Waals surface area contributed by atoms with Crippen LogP contribution in [0.4, 0.5) is 5.69 Å². The Labute approximate surface area is 109 Å². The third kappa shape index (κ3) is 4.37. The summed E-state index contributed by atoms with van der Waals surface area (Å²) in [6.45, 7) is 6.43. The van der Waals surface area contributed by atoms with Crippen LogP contribution in [0.15, 0.2) is 18.2 Å². The van der Waals surface area contributed by atoms with Crippen molar-refractivity contribution in [1.29, 1.82) is 0 Å². The summed E-state index contributed by atoms with van der Waals surface area (Å²) in [5, 5.41) is 6.01. The topological polar surface area (TPSA) is 50.4 Å². The molecule has 18 heavy (non-hydrogen) atoms. The highest BCUT2D eigenvalue weighted by atomic mass is 16.5. The van der Waals surface area contributed by atoms with Crippen LogP contribution < -0.4 is 15.4 Å². The van der Waals surface area contributed by atoms with E-state index in [0.717, 1.165) is 23.4 Å². The largest absolute Gasteiger partial charge is 0.496 e. The van der Waals surface area contributed by atoms with Gasteiger partial charge in [0.2, 0.25) is 5.91 Å². The lowest BCUT2D eigenvalue weighted by Crippen LogP contribution is -2.33. The van der Waals surface area contributed by atoms with Gasteiger partial charge in [0.15, 0.2) is 0 Å². The second kappa shape index (κ2) is 7.01. The van der Waals surface area contributed by atoms with Gasteiger partial charge in [-0.25, -0.2) is 0 Å². The maximum absolute atomic E-state index is 11.7. The average molecular weight is 250 g/mol. The molecule has 4 nitrogen and oxygen atoms in total. The molecule has 0 saturated heterocycles.